The van der Waals surface area contributed by atoms with Gasteiger partial charge in [-0.05, 0) is 74.2 Å². The van der Waals surface area contributed by atoms with Crippen LogP contribution in [0.3, 0.4) is 0 Å². The number of Topliss-reactive ketones (excluding diaryl/α,β-unsaturated/α-hetero) is 1. The number of thiophene rings is 1. The molecule has 1 aliphatic heterocycles. The van der Waals surface area contributed by atoms with Crippen LogP contribution in [-0.4, -0.2) is 39.0 Å². The number of ketones is 1. The molecule has 0 spiro atoms. The Morgan fingerprint density at radius 1 is 1.08 bits per heavy atom. The number of rotatable bonds is 6. The molecule has 1 saturated heterocycles. The lowest BCUT2D eigenvalue weighted by molar-refractivity contribution is -0.132. The molecule has 1 aliphatic rings. The highest BCUT2D eigenvalue weighted by atomic mass is 32.1. The zero-order valence-electron chi connectivity index (χ0n) is 20.1. The third-order valence-corrected chi connectivity index (χ3v) is 7.84. The molecule has 1 fully saturated rings. The van der Waals surface area contributed by atoms with Crippen molar-refractivity contribution in [1.29, 1.82) is 0 Å². The predicted octanol–water partition coefficient (Wildman–Crippen LogP) is 5.78. The van der Waals surface area contributed by atoms with Crippen LogP contribution in [0.15, 0.2) is 59.5 Å². The van der Waals surface area contributed by atoms with E-state index >= 15 is 0 Å². The summed E-state index contributed by atoms with van der Waals surface area (Å²) < 4.78 is 6.35. The van der Waals surface area contributed by atoms with Crippen LogP contribution in [0.4, 0.5) is 5.13 Å². The lowest BCUT2D eigenvalue weighted by Gasteiger charge is -2.21. The van der Waals surface area contributed by atoms with E-state index in [-0.39, 0.29) is 28.1 Å². The van der Waals surface area contributed by atoms with Gasteiger partial charge in [-0.15, -0.1) is 11.3 Å². The molecule has 4 aromatic rings. The molecule has 2 aromatic carbocycles. The number of aliphatic hydroxyl groups excluding tert-OH is 1. The second-order valence-corrected chi connectivity index (χ2v) is 10.8. The highest BCUT2D eigenvalue weighted by molar-refractivity contribution is 7.22. The number of carboxylic acids is 1. The Bertz CT molecular complexity index is 1590. The maximum absolute atomic E-state index is 13.3. The normalized spacial score (nSPS) is 17.2. The van der Waals surface area contributed by atoms with Crippen LogP contribution in [0, 0.1) is 6.92 Å². The van der Waals surface area contributed by atoms with Crippen LogP contribution in [0.5, 0.6) is 5.75 Å². The van der Waals surface area contributed by atoms with Crippen LogP contribution >= 0.6 is 22.7 Å². The topological polar surface area (TPSA) is 117 Å². The van der Waals surface area contributed by atoms with Crippen molar-refractivity contribution in [1.82, 2.24) is 4.98 Å². The maximum atomic E-state index is 13.3. The largest absolute Gasteiger partial charge is 0.507 e. The summed E-state index contributed by atoms with van der Waals surface area (Å²) >= 11 is 2.47. The molecule has 0 bridgehead atoms. The van der Waals surface area contributed by atoms with Gasteiger partial charge in [0.15, 0.2) is 5.13 Å². The molecule has 5 rings (SSSR count). The van der Waals surface area contributed by atoms with Gasteiger partial charge in [-0.2, -0.15) is 0 Å². The van der Waals surface area contributed by atoms with E-state index in [1.54, 1.807) is 36.4 Å². The van der Waals surface area contributed by atoms with Gasteiger partial charge in [0.2, 0.25) is 0 Å². The van der Waals surface area contributed by atoms with Gasteiger partial charge in [0.25, 0.3) is 5.78 Å². The molecule has 188 valence electrons. The van der Waals surface area contributed by atoms with Crippen molar-refractivity contribution in [3.8, 4) is 5.75 Å². The third kappa shape index (κ3) is 4.38. The average Bonchev–Trinajstić information content (AvgIpc) is 3.58. The molecule has 3 heterocycles. The molecule has 0 saturated carbocycles. The molecule has 0 radical (unpaired) electrons. The van der Waals surface area contributed by atoms with Crippen LogP contribution < -0.4 is 9.64 Å². The molecule has 8 nitrogen and oxygen atoms in total. The average molecular weight is 535 g/mol. The summed E-state index contributed by atoms with van der Waals surface area (Å²) in [5.74, 6) is -2.32. The number of aryl methyl sites for hydroxylation is 1. The molecule has 1 unspecified atom stereocenters. The van der Waals surface area contributed by atoms with E-state index in [1.165, 1.54) is 28.4 Å². The van der Waals surface area contributed by atoms with E-state index in [0.29, 0.717) is 26.4 Å². The zero-order valence-corrected chi connectivity index (χ0v) is 21.7. The third-order valence-electron chi connectivity index (χ3n) is 5.90. The fourth-order valence-corrected chi connectivity index (χ4v) is 6.09. The SMILES string of the molecule is Cc1cc(/C(O)=C2\C(=O)C(=O)N(c3nc4ccc(C(=O)O)cc4s3)C2c2cccs2)ccc1OC(C)C. The molecule has 1 atom stereocenters. The molecule has 0 aliphatic carbocycles. The molecule has 10 heteroatoms. The number of benzene rings is 2. The van der Waals surface area contributed by atoms with Crippen LogP contribution in [-0.2, 0) is 9.59 Å². The van der Waals surface area contributed by atoms with Gasteiger partial charge in [0, 0.05) is 10.4 Å². The minimum atomic E-state index is -1.07. The summed E-state index contributed by atoms with van der Waals surface area (Å²) in [4.78, 5) is 44.6. The Kier molecular flexibility index (Phi) is 6.30. The number of thiazole rings is 1. The number of aromatic carboxylic acids is 1. The first-order chi connectivity index (χ1) is 17.7. The standard InChI is InChI=1S/C27H22N2O6S2/c1-13(2)35-18-9-7-15(11-14(18)3)23(30)21-22(19-5-4-10-36-19)29(25(32)24(21)31)27-28-17-8-6-16(26(33)34)12-20(17)37-27/h4-13,22,30H,1-3H3,(H,33,34)/b23-21+. The Labute approximate surface area is 220 Å². The van der Waals surface area contributed by atoms with E-state index in [2.05, 4.69) is 4.98 Å². The van der Waals surface area contributed by atoms with Crippen molar-refractivity contribution in [3.05, 3.63) is 81.1 Å². The van der Waals surface area contributed by atoms with Crippen LogP contribution in [0.25, 0.3) is 16.0 Å². The van der Waals surface area contributed by atoms with Crippen molar-refractivity contribution in [2.75, 3.05) is 4.90 Å². The molecule has 37 heavy (non-hydrogen) atoms. The molecule has 1 amide bonds. The fraction of sp³-hybridized carbons (Fsp3) is 0.185. The van der Waals surface area contributed by atoms with Crippen molar-refractivity contribution >= 4 is 61.4 Å². The number of aliphatic hydroxyl groups is 1. The quantitative estimate of drug-likeness (QED) is 0.183. The lowest BCUT2D eigenvalue weighted by Crippen LogP contribution is -2.28. The summed E-state index contributed by atoms with van der Waals surface area (Å²) in [5.41, 5.74) is 1.74. The van der Waals surface area contributed by atoms with E-state index in [4.69, 9.17) is 4.74 Å². The second-order valence-electron chi connectivity index (χ2n) is 8.82. The van der Waals surface area contributed by atoms with Gasteiger partial charge in [0.05, 0.1) is 27.5 Å². The van der Waals surface area contributed by atoms with Gasteiger partial charge in [-0.1, -0.05) is 17.4 Å². The van der Waals surface area contributed by atoms with Crippen molar-refractivity contribution in [2.24, 2.45) is 0 Å². The summed E-state index contributed by atoms with van der Waals surface area (Å²) in [6.45, 7) is 5.68. The van der Waals surface area contributed by atoms with Gasteiger partial charge in [-0.25, -0.2) is 9.78 Å². The first-order valence-electron chi connectivity index (χ1n) is 11.4. The van der Waals surface area contributed by atoms with Crippen molar-refractivity contribution in [2.45, 2.75) is 32.9 Å². The number of fused-ring (bicyclic) bond motifs is 1. The van der Waals surface area contributed by atoms with E-state index in [9.17, 15) is 24.6 Å². The molecule has 2 aromatic heterocycles. The summed E-state index contributed by atoms with van der Waals surface area (Å²) in [7, 11) is 0. The number of carbonyl (C=O) groups is 3. The summed E-state index contributed by atoms with van der Waals surface area (Å²) in [6, 6.07) is 12.3. The Balaban J connectivity index is 1.64. The minimum Gasteiger partial charge on any atom is -0.507 e. The smallest absolute Gasteiger partial charge is 0.335 e. The van der Waals surface area contributed by atoms with E-state index in [1.807, 2.05) is 26.2 Å². The van der Waals surface area contributed by atoms with E-state index in [0.717, 1.165) is 16.9 Å². The lowest BCUT2D eigenvalue weighted by atomic mass is 9.99. The maximum Gasteiger partial charge on any atom is 0.335 e. The van der Waals surface area contributed by atoms with Crippen molar-refractivity contribution < 1.29 is 29.3 Å². The monoisotopic (exact) mass is 534 g/mol. The number of hydrogen-bond donors (Lipinski definition) is 2. The zero-order chi connectivity index (χ0) is 26.4. The summed E-state index contributed by atoms with van der Waals surface area (Å²) in [5, 5.41) is 22.7. The molecular weight excluding hydrogens is 512 g/mol. The number of nitrogens with zero attached hydrogens (tertiary/aromatic N) is 2. The molecular formula is C27H22N2O6S2. The highest BCUT2D eigenvalue weighted by Crippen LogP contribution is 2.45. The molecule has 2 N–H and O–H groups in total. The number of aromatic nitrogens is 1. The van der Waals surface area contributed by atoms with Gasteiger partial charge >= 0.3 is 11.9 Å². The fourth-order valence-electron chi connectivity index (χ4n) is 4.23. The second kappa shape index (κ2) is 9.45. The van der Waals surface area contributed by atoms with Gasteiger partial charge in [-0.3, -0.25) is 14.5 Å². The Morgan fingerprint density at radius 2 is 1.84 bits per heavy atom. The van der Waals surface area contributed by atoms with Crippen LogP contribution in [0.2, 0.25) is 0 Å². The number of carbonyl (C=O) groups excluding carboxylic acids is 2. The highest BCUT2D eigenvalue weighted by Gasteiger charge is 2.48. The number of hydrogen-bond acceptors (Lipinski definition) is 8. The number of carboxylic acid groups (broad SMARTS) is 1. The first-order valence-corrected chi connectivity index (χ1v) is 13.1. The van der Waals surface area contributed by atoms with Crippen molar-refractivity contribution in [3.63, 3.8) is 0 Å². The van der Waals surface area contributed by atoms with Crippen LogP contribution in [0.1, 0.15) is 46.3 Å². The Hall–Kier alpha value is -4.02. The number of amides is 1. The Morgan fingerprint density at radius 3 is 2.49 bits per heavy atom. The minimum absolute atomic E-state index is 0.0253. The predicted molar refractivity (Wildman–Crippen MR) is 143 cm³/mol. The number of ether oxygens (including phenoxy) is 1. The van der Waals surface area contributed by atoms with Gasteiger partial charge in [0.1, 0.15) is 17.6 Å². The summed E-state index contributed by atoms with van der Waals surface area (Å²) in [6.07, 6.45) is -0.0253. The number of anilines is 1. The first kappa shape index (κ1) is 24.7. The van der Waals surface area contributed by atoms with Gasteiger partial charge < -0.3 is 14.9 Å². The van der Waals surface area contributed by atoms with E-state index < -0.39 is 23.7 Å².